The van der Waals surface area contributed by atoms with Gasteiger partial charge in [0.15, 0.2) is 17.3 Å². The fourth-order valence-corrected chi connectivity index (χ4v) is 1.49. The smallest absolute Gasteiger partial charge is 0.263 e. The Morgan fingerprint density at radius 2 is 2.24 bits per heavy atom. The molecule has 1 aromatic carbocycles. The van der Waals surface area contributed by atoms with Gasteiger partial charge < -0.3 is 28.1 Å². The number of anilines is 1. The third kappa shape index (κ3) is 3.99. The number of nitrogen functional groups attached to an aromatic ring is 1. The van der Waals surface area contributed by atoms with E-state index in [4.69, 9.17) is 10.6 Å². The van der Waals surface area contributed by atoms with Gasteiger partial charge in [0, 0.05) is 0 Å². The third-order valence-corrected chi connectivity index (χ3v) is 2.53. The standard InChI is InChI=1S/C12H16N6O2.ClH/c1-3-20-11-6-9(4-5-10(11)19)7-14-16-12-17-15-8(2)18(12)13;/h4-7,19H,3,13H2,1-2H3,(H,16,17);1H/p-1. The zero-order valence-corrected chi connectivity index (χ0v) is 12.4. The maximum atomic E-state index is 9.59. The molecule has 2 rings (SSSR count). The lowest BCUT2D eigenvalue weighted by Crippen LogP contribution is -3.00. The molecule has 1 aromatic heterocycles. The summed E-state index contributed by atoms with van der Waals surface area (Å²) >= 11 is 0. The van der Waals surface area contributed by atoms with E-state index in [1.807, 2.05) is 6.92 Å². The van der Waals surface area contributed by atoms with Crippen molar-refractivity contribution in [2.45, 2.75) is 13.8 Å². The molecular formula is C12H16ClN6O2-. The second-order valence-corrected chi connectivity index (χ2v) is 3.97. The van der Waals surface area contributed by atoms with E-state index in [0.717, 1.165) is 5.56 Å². The van der Waals surface area contributed by atoms with E-state index in [1.165, 1.54) is 4.68 Å². The number of phenols is 1. The molecule has 9 heteroatoms. The highest BCUT2D eigenvalue weighted by Gasteiger charge is 2.04. The highest BCUT2D eigenvalue weighted by Crippen LogP contribution is 2.26. The molecule has 0 aliphatic heterocycles. The Morgan fingerprint density at radius 3 is 2.86 bits per heavy atom. The fraction of sp³-hybridized carbons (Fsp3) is 0.250. The van der Waals surface area contributed by atoms with Gasteiger partial charge in [0.1, 0.15) is 0 Å². The maximum absolute atomic E-state index is 9.59. The molecular weight excluding hydrogens is 296 g/mol. The summed E-state index contributed by atoms with van der Waals surface area (Å²) in [6.45, 7) is 4.05. The van der Waals surface area contributed by atoms with E-state index in [0.29, 0.717) is 24.1 Å². The van der Waals surface area contributed by atoms with Crippen LogP contribution in [0.1, 0.15) is 18.3 Å². The summed E-state index contributed by atoms with van der Waals surface area (Å²) in [5, 5.41) is 21.2. The average molecular weight is 312 g/mol. The minimum Gasteiger partial charge on any atom is -1.00 e. The molecule has 0 spiro atoms. The third-order valence-electron chi connectivity index (χ3n) is 2.53. The summed E-state index contributed by atoms with van der Waals surface area (Å²) in [6, 6.07) is 4.94. The first kappa shape index (κ1) is 16.6. The van der Waals surface area contributed by atoms with Gasteiger partial charge in [-0.25, -0.2) is 10.1 Å². The molecule has 1 heterocycles. The number of aromatic hydroxyl groups is 1. The lowest BCUT2D eigenvalue weighted by molar-refractivity contribution is -0.00000571. The van der Waals surface area contributed by atoms with Crippen LogP contribution < -0.4 is 28.4 Å². The average Bonchev–Trinajstić information content (AvgIpc) is 2.75. The van der Waals surface area contributed by atoms with Crippen LogP contribution in [0.5, 0.6) is 11.5 Å². The number of benzene rings is 1. The van der Waals surface area contributed by atoms with E-state index in [9.17, 15) is 5.11 Å². The molecule has 2 aromatic rings. The molecule has 0 amide bonds. The molecule has 0 saturated heterocycles. The van der Waals surface area contributed by atoms with Crippen molar-refractivity contribution in [1.82, 2.24) is 14.9 Å². The number of phenolic OH excluding ortho intramolecular Hbond substituents is 1. The molecule has 0 aliphatic carbocycles. The van der Waals surface area contributed by atoms with Gasteiger partial charge in [-0.1, -0.05) is 0 Å². The fourth-order valence-electron chi connectivity index (χ4n) is 1.49. The number of hydrazone groups is 1. The van der Waals surface area contributed by atoms with Crippen molar-refractivity contribution in [1.29, 1.82) is 0 Å². The summed E-state index contributed by atoms with van der Waals surface area (Å²) in [5.41, 5.74) is 3.44. The van der Waals surface area contributed by atoms with Crippen LogP contribution >= 0.6 is 0 Å². The van der Waals surface area contributed by atoms with Crippen molar-refractivity contribution in [2.75, 3.05) is 17.9 Å². The lowest BCUT2D eigenvalue weighted by Gasteiger charge is -2.06. The first-order valence-corrected chi connectivity index (χ1v) is 6.03. The number of rotatable bonds is 5. The van der Waals surface area contributed by atoms with E-state index >= 15 is 0 Å². The predicted molar refractivity (Wildman–Crippen MR) is 75.4 cm³/mol. The molecule has 0 radical (unpaired) electrons. The number of hydrogen-bond acceptors (Lipinski definition) is 7. The number of nitrogens with two attached hydrogens (primary N) is 1. The van der Waals surface area contributed by atoms with E-state index < -0.39 is 0 Å². The zero-order chi connectivity index (χ0) is 14.5. The summed E-state index contributed by atoms with van der Waals surface area (Å²) < 4.78 is 6.58. The number of nitrogens with zero attached hydrogens (tertiary/aromatic N) is 4. The van der Waals surface area contributed by atoms with Gasteiger partial charge in [-0.2, -0.15) is 5.10 Å². The first-order chi connectivity index (χ1) is 9.61. The molecule has 4 N–H and O–H groups in total. The molecule has 0 aliphatic rings. The second kappa shape index (κ2) is 7.34. The normalized spacial score (nSPS) is 10.4. The zero-order valence-electron chi connectivity index (χ0n) is 11.6. The van der Waals surface area contributed by atoms with Crippen LogP contribution in [0, 0.1) is 6.92 Å². The van der Waals surface area contributed by atoms with Crippen LogP contribution in [0.3, 0.4) is 0 Å². The number of halogens is 1. The van der Waals surface area contributed by atoms with Crippen molar-refractivity contribution >= 4 is 12.2 Å². The highest BCUT2D eigenvalue weighted by atomic mass is 35.5. The van der Waals surface area contributed by atoms with Gasteiger partial charge >= 0.3 is 0 Å². The molecule has 0 fully saturated rings. The van der Waals surface area contributed by atoms with Crippen LogP contribution in [-0.4, -0.2) is 32.8 Å². The van der Waals surface area contributed by atoms with Crippen molar-refractivity contribution in [2.24, 2.45) is 5.10 Å². The van der Waals surface area contributed by atoms with E-state index in [2.05, 4.69) is 20.7 Å². The Morgan fingerprint density at radius 1 is 1.48 bits per heavy atom. The summed E-state index contributed by atoms with van der Waals surface area (Å²) in [6.07, 6.45) is 1.56. The second-order valence-electron chi connectivity index (χ2n) is 3.97. The topological polar surface area (TPSA) is 111 Å². The summed E-state index contributed by atoms with van der Waals surface area (Å²) in [4.78, 5) is 0. The number of ether oxygens (including phenoxy) is 1. The highest BCUT2D eigenvalue weighted by molar-refractivity contribution is 5.81. The van der Waals surface area contributed by atoms with Crippen molar-refractivity contribution < 1.29 is 22.3 Å². The summed E-state index contributed by atoms with van der Waals surface area (Å²) in [5.74, 6) is 7.08. The molecule has 0 atom stereocenters. The van der Waals surface area contributed by atoms with Gasteiger partial charge in [-0.05, 0) is 37.6 Å². The molecule has 21 heavy (non-hydrogen) atoms. The van der Waals surface area contributed by atoms with Gasteiger partial charge in [0.2, 0.25) is 0 Å². The Bertz CT molecular complexity index is 628. The number of aromatic nitrogens is 3. The van der Waals surface area contributed by atoms with Gasteiger partial charge in [0.25, 0.3) is 5.95 Å². The Labute approximate surface area is 128 Å². The monoisotopic (exact) mass is 311 g/mol. The minimum atomic E-state index is 0. The Kier molecular flexibility index (Phi) is 5.79. The van der Waals surface area contributed by atoms with Crippen LogP contribution in [0.2, 0.25) is 0 Å². The van der Waals surface area contributed by atoms with Crippen LogP contribution in [0.25, 0.3) is 0 Å². The minimum absolute atomic E-state index is 0. The van der Waals surface area contributed by atoms with E-state index in [-0.39, 0.29) is 18.2 Å². The van der Waals surface area contributed by atoms with Gasteiger partial charge in [-0.15, -0.1) is 10.2 Å². The molecule has 8 nitrogen and oxygen atoms in total. The molecule has 114 valence electrons. The number of hydrogen-bond donors (Lipinski definition) is 3. The SMILES string of the molecule is CCOc1cc(C=NNc2nnc(C)n2N)ccc1O.[Cl-]. The first-order valence-electron chi connectivity index (χ1n) is 6.03. The summed E-state index contributed by atoms with van der Waals surface area (Å²) in [7, 11) is 0. The van der Waals surface area contributed by atoms with E-state index in [1.54, 1.807) is 31.3 Å². The molecule has 0 bridgehead atoms. The molecule has 0 saturated carbocycles. The number of nitrogens with one attached hydrogen (secondary N) is 1. The largest absolute Gasteiger partial charge is 1.00 e. The Hall–Kier alpha value is -2.48. The van der Waals surface area contributed by atoms with Crippen LogP contribution in [-0.2, 0) is 0 Å². The van der Waals surface area contributed by atoms with Crippen LogP contribution in [0.4, 0.5) is 5.95 Å². The number of aryl methyl sites for hydroxylation is 1. The quantitative estimate of drug-likeness (QED) is 0.330. The van der Waals surface area contributed by atoms with Gasteiger partial charge in [-0.3, -0.25) is 0 Å². The van der Waals surface area contributed by atoms with Crippen molar-refractivity contribution in [3.63, 3.8) is 0 Å². The Balaban J connectivity index is 0.00000220. The van der Waals surface area contributed by atoms with Crippen molar-refractivity contribution in [3.05, 3.63) is 29.6 Å². The maximum Gasteiger partial charge on any atom is 0.263 e. The van der Waals surface area contributed by atoms with Crippen molar-refractivity contribution in [3.8, 4) is 11.5 Å². The lowest BCUT2D eigenvalue weighted by atomic mass is 10.2. The van der Waals surface area contributed by atoms with Gasteiger partial charge in [0.05, 0.1) is 12.8 Å². The predicted octanol–water partition coefficient (Wildman–Crippen LogP) is -2.15. The van der Waals surface area contributed by atoms with Crippen LogP contribution in [0.15, 0.2) is 23.3 Å². The molecule has 0 unspecified atom stereocenters.